The van der Waals surface area contributed by atoms with Crippen LogP contribution in [-0.2, 0) is 17.9 Å². The first-order chi connectivity index (χ1) is 14.3. The number of alkyl halides is 2. The fraction of sp³-hybridized carbons (Fsp3) is 0.381. The summed E-state index contributed by atoms with van der Waals surface area (Å²) in [5, 5.41) is 11.1. The second-order valence-corrected chi connectivity index (χ2v) is 7.57. The Morgan fingerprint density at radius 1 is 1.20 bits per heavy atom. The molecule has 4 rings (SSSR count). The third-order valence-electron chi connectivity index (χ3n) is 5.27. The Morgan fingerprint density at radius 3 is 2.60 bits per heavy atom. The molecule has 2 aromatic heterocycles. The molecular formula is C21H22F3N5O. The molecule has 6 nitrogen and oxygen atoms in total. The SMILES string of the molecule is Cc1nn(Cc2ccccc2F)c(C)c1NC(=O)Cn1nc(C(F)F)cc1C1CC1. The molecule has 1 saturated carbocycles. The third-order valence-corrected chi connectivity index (χ3v) is 5.27. The van der Waals surface area contributed by atoms with E-state index in [4.69, 9.17) is 0 Å². The first-order valence-corrected chi connectivity index (χ1v) is 9.76. The van der Waals surface area contributed by atoms with Gasteiger partial charge < -0.3 is 5.32 Å². The zero-order valence-electron chi connectivity index (χ0n) is 16.7. The summed E-state index contributed by atoms with van der Waals surface area (Å²) < 4.78 is 43.0. The molecule has 0 unspecified atom stereocenters. The van der Waals surface area contributed by atoms with Gasteiger partial charge in [-0.15, -0.1) is 0 Å². The van der Waals surface area contributed by atoms with Gasteiger partial charge in [-0.2, -0.15) is 10.2 Å². The molecule has 1 N–H and O–H groups in total. The number of carbonyl (C=O) groups is 1. The highest BCUT2D eigenvalue weighted by Gasteiger charge is 2.30. The Labute approximate surface area is 171 Å². The van der Waals surface area contributed by atoms with E-state index in [0.717, 1.165) is 12.8 Å². The summed E-state index contributed by atoms with van der Waals surface area (Å²) >= 11 is 0. The van der Waals surface area contributed by atoms with Gasteiger partial charge in [0.25, 0.3) is 6.43 Å². The normalized spacial score (nSPS) is 13.8. The summed E-state index contributed by atoms with van der Waals surface area (Å²) in [5.74, 6) is -0.515. The molecule has 1 aliphatic carbocycles. The summed E-state index contributed by atoms with van der Waals surface area (Å²) in [5.41, 5.74) is 2.66. The van der Waals surface area contributed by atoms with Crippen LogP contribution in [0.3, 0.4) is 0 Å². The molecule has 1 fully saturated rings. The summed E-state index contributed by atoms with van der Waals surface area (Å²) in [7, 11) is 0. The molecular weight excluding hydrogens is 395 g/mol. The van der Waals surface area contributed by atoms with Crippen LogP contribution in [-0.4, -0.2) is 25.5 Å². The zero-order chi connectivity index (χ0) is 21.4. The number of nitrogens with one attached hydrogen (secondary N) is 1. The van der Waals surface area contributed by atoms with Crippen molar-refractivity contribution in [3.05, 3.63) is 64.5 Å². The maximum Gasteiger partial charge on any atom is 0.282 e. The summed E-state index contributed by atoms with van der Waals surface area (Å²) in [4.78, 5) is 12.6. The largest absolute Gasteiger partial charge is 0.321 e. The van der Waals surface area contributed by atoms with Gasteiger partial charge in [0.1, 0.15) is 18.1 Å². The molecule has 0 radical (unpaired) electrons. The van der Waals surface area contributed by atoms with E-state index in [-0.39, 0.29) is 36.4 Å². The van der Waals surface area contributed by atoms with Gasteiger partial charge in [-0.1, -0.05) is 18.2 Å². The number of carbonyl (C=O) groups excluding carboxylic acids is 1. The van der Waals surface area contributed by atoms with Crippen molar-refractivity contribution in [2.75, 3.05) is 5.32 Å². The minimum absolute atomic E-state index is 0.157. The first-order valence-electron chi connectivity index (χ1n) is 9.76. The standard InChI is InChI=1S/C21H22F3N5O/c1-12-20(13(2)28(26-12)10-15-5-3-4-6-16(15)22)25-19(30)11-29-18(14-7-8-14)9-17(27-29)21(23)24/h3-6,9,14,21H,7-8,10-11H2,1-2H3,(H,25,30). The van der Waals surface area contributed by atoms with E-state index in [0.29, 0.717) is 28.3 Å². The summed E-state index contributed by atoms with van der Waals surface area (Å²) in [6.45, 7) is 3.61. The van der Waals surface area contributed by atoms with Crippen LogP contribution >= 0.6 is 0 Å². The van der Waals surface area contributed by atoms with Crippen molar-refractivity contribution in [3.63, 3.8) is 0 Å². The van der Waals surface area contributed by atoms with Crippen LogP contribution in [0.25, 0.3) is 0 Å². The third kappa shape index (κ3) is 4.10. The van der Waals surface area contributed by atoms with Gasteiger partial charge in [0.15, 0.2) is 0 Å². The molecule has 9 heteroatoms. The van der Waals surface area contributed by atoms with Gasteiger partial charge in [0.2, 0.25) is 5.91 Å². The number of aryl methyl sites for hydroxylation is 1. The maximum absolute atomic E-state index is 14.0. The number of aromatic nitrogens is 4. The lowest BCUT2D eigenvalue weighted by Crippen LogP contribution is -2.21. The van der Waals surface area contributed by atoms with Crippen LogP contribution in [0.5, 0.6) is 0 Å². The van der Waals surface area contributed by atoms with E-state index in [1.807, 2.05) is 0 Å². The lowest BCUT2D eigenvalue weighted by Gasteiger charge is -2.09. The Hall–Kier alpha value is -3.10. The van der Waals surface area contributed by atoms with Crippen molar-refractivity contribution in [1.29, 1.82) is 0 Å². The van der Waals surface area contributed by atoms with Gasteiger partial charge in [-0.05, 0) is 38.8 Å². The average Bonchev–Trinajstić information content (AvgIpc) is 3.40. The number of hydrogen-bond acceptors (Lipinski definition) is 3. The molecule has 1 amide bonds. The second kappa shape index (κ2) is 7.97. The van der Waals surface area contributed by atoms with E-state index < -0.39 is 6.43 Å². The highest BCUT2D eigenvalue weighted by atomic mass is 19.3. The van der Waals surface area contributed by atoms with E-state index in [1.165, 1.54) is 16.8 Å². The van der Waals surface area contributed by atoms with Gasteiger partial charge in [0.05, 0.1) is 23.6 Å². The van der Waals surface area contributed by atoms with Crippen molar-refractivity contribution in [3.8, 4) is 0 Å². The smallest absolute Gasteiger partial charge is 0.282 e. The predicted octanol–water partition coefficient (Wildman–Crippen LogP) is 4.34. The number of nitrogens with zero attached hydrogens (tertiary/aromatic N) is 4. The van der Waals surface area contributed by atoms with E-state index in [9.17, 15) is 18.0 Å². The van der Waals surface area contributed by atoms with Gasteiger partial charge in [-0.3, -0.25) is 14.2 Å². The number of hydrogen-bond donors (Lipinski definition) is 1. The summed E-state index contributed by atoms with van der Waals surface area (Å²) in [6.07, 6.45) is -0.846. The first kappa shape index (κ1) is 20.2. The van der Waals surface area contributed by atoms with E-state index in [2.05, 4.69) is 15.5 Å². The van der Waals surface area contributed by atoms with Crippen LogP contribution in [0.4, 0.5) is 18.9 Å². The molecule has 0 bridgehead atoms. The van der Waals surface area contributed by atoms with Crippen molar-refractivity contribution >= 4 is 11.6 Å². The fourth-order valence-electron chi connectivity index (χ4n) is 3.53. The lowest BCUT2D eigenvalue weighted by molar-refractivity contribution is -0.117. The Balaban J connectivity index is 1.50. The molecule has 30 heavy (non-hydrogen) atoms. The number of rotatable bonds is 7. The molecule has 0 spiro atoms. The minimum atomic E-state index is -2.67. The number of anilines is 1. The molecule has 3 aromatic rings. The second-order valence-electron chi connectivity index (χ2n) is 7.57. The van der Waals surface area contributed by atoms with Crippen LogP contribution in [0.15, 0.2) is 30.3 Å². The van der Waals surface area contributed by atoms with E-state index >= 15 is 0 Å². The molecule has 158 valence electrons. The highest BCUT2D eigenvalue weighted by Crippen LogP contribution is 2.41. The molecule has 0 saturated heterocycles. The van der Waals surface area contributed by atoms with E-state index in [1.54, 1.807) is 36.7 Å². The summed E-state index contributed by atoms with van der Waals surface area (Å²) in [6, 6.07) is 7.83. The lowest BCUT2D eigenvalue weighted by atomic mass is 10.2. The zero-order valence-corrected chi connectivity index (χ0v) is 16.7. The van der Waals surface area contributed by atoms with Gasteiger partial charge in [0, 0.05) is 17.2 Å². The van der Waals surface area contributed by atoms with Crippen LogP contribution in [0, 0.1) is 19.7 Å². The Bertz CT molecular complexity index is 1080. The fourth-order valence-corrected chi connectivity index (χ4v) is 3.53. The van der Waals surface area contributed by atoms with Crippen LogP contribution < -0.4 is 5.32 Å². The molecule has 2 heterocycles. The maximum atomic E-state index is 14.0. The number of halogens is 3. The topological polar surface area (TPSA) is 64.7 Å². The van der Waals surface area contributed by atoms with Crippen molar-refractivity contribution < 1.29 is 18.0 Å². The monoisotopic (exact) mass is 417 g/mol. The number of benzene rings is 1. The Morgan fingerprint density at radius 2 is 1.93 bits per heavy atom. The van der Waals surface area contributed by atoms with Crippen molar-refractivity contribution in [2.24, 2.45) is 0 Å². The highest BCUT2D eigenvalue weighted by molar-refractivity contribution is 5.91. The van der Waals surface area contributed by atoms with Crippen molar-refractivity contribution in [1.82, 2.24) is 19.6 Å². The quantitative estimate of drug-likeness (QED) is 0.622. The molecule has 0 aliphatic heterocycles. The molecule has 1 aromatic carbocycles. The number of amides is 1. The average molecular weight is 417 g/mol. The van der Waals surface area contributed by atoms with Gasteiger partial charge in [-0.25, -0.2) is 13.2 Å². The minimum Gasteiger partial charge on any atom is -0.321 e. The van der Waals surface area contributed by atoms with Crippen molar-refractivity contribution in [2.45, 2.75) is 52.1 Å². The van der Waals surface area contributed by atoms with Crippen LogP contribution in [0.2, 0.25) is 0 Å². The van der Waals surface area contributed by atoms with Crippen LogP contribution in [0.1, 0.15) is 53.5 Å². The predicted molar refractivity (Wildman–Crippen MR) is 105 cm³/mol. The Kier molecular flexibility index (Phi) is 5.36. The molecule has 1 aliphatic rings. The molecule has 0 atom stereocenters. The van der Waals surface area contributed by atoms with Gasteiger partial charge >= 0.3 is 0 Å².